The molecular weight excluding hydrogens is 423 g/mol. The number of alkyl halides is 1. The van der Waals surface area contributed by atoms with Crippen LogP contribution in [0.4, 0.5) is 4.39 Å². The summed E-state index contributed by atoms with van der Waals surface area (Å²) in [5, 5.41) is 32.1. The quantitative estimate of drug-likeness (QED) is 0.432. The van der Waals surface area contributed by atoms with E-state index in [1.807, 2.05) is 0 Å². The molecule has 0 radical (unpaired) electrons. The number of hydrogen-bond donors (Lipinski definition) is 3. The van der Waals surface area contributed by atoms with Gasteiger partial charge in [-0.05, 0) is 50.7 Å². The van der Waals surface area contributed by atoms with Crippen molar-refractivity contribution in [2.45, 2.75) is 69.9 Å². The van der Waals surface area contributed by atoms with E-state index in [-0.39, 0.29) is 18.6 Å². The zero-order chi connectivity index (χ0) is 23.9. The molecule has 8 nitrogen and oxygen atoms in total. The van der Waals surface area contributed by atoms with Crippen LogP contribution in [0.2, 0.25) is 0 Å². The number of hydrogen-bond acceptors (Lipinski definition) is 7. The maximum atomic E-state index is 17.0. The number of carboxylic acids is 1. The lowest BCUT2D eigenvalue weighted by atomic mass is 9.44. The monoisotopic (exact) mass is 450 g/mol. The second kappa shape index (κ2) is 6.81. The van der Waals surface area contributed by atoms with Crippen molar-refractivity contribution in [1.29, 1.82) is 0 Å². The van der Waals surface area contributed by atoms with Crippen molar-refractivity contribution in [3.63, 3.8) is 0 Å². The molecule has 8 atom stereocenters. The van der Waals surface area contributed by atoms with Gasteiger partial charge in [-0.25, -0.2) is 9.18 Å². The average Bonchev–Trinajstić information content (AvgIpc) is 2.91. The van der Waals surface area contributed by atoms with Crippen LogP contribution in [0.25, 0.3) is 0 Å². The number of carboxylic acid groups (broad SMARTS) is 1. The molecule has 0 aromatic heterocycles. The first-order valence-electron chi connectivity index (χ1n) is 10.7. The normalized spacial score (nSPS) is 47.1. The van der Waals surface area contributed by atoms with Gasteiger partial charge in [0.05, 0.1) is 6.10 Å². The van der Waals surface area contributed by atoms with Gasteiger partial charge in [-0.1, -0.05) is 18.6 Å². The van der Waals surface area contributed by atoms with Crippen LogP contribution in [0, 0.1) is 22.7 Å². The summed E-state index contributed by atoms with van der Waals surface area (Å²) in [4.78, 5) is 47.9. The fraction of sp³-hybridized carbons (Fsp3) is 0.652. The van der Waals surface area contributed by atoms with Crippen LogP contribution >= 0.6 is 0 Å². The van der Waals surface area contributed by atoms with Crippen LogP contribution in [-0.4, -0.2) is 62.3 Å². The maximum absolute atomic E-state index is 17.0. The van der Waals surface area contributed by atoms with Gasteiger partial charge in [0.25, 0.3) is 5.78 Å². The van der Waals surface area contributed by atoms with Gasteiger partial charge in [-0.3, -0.25) is 14.4 Å². The summed E-state index contributed by atoms with van der Waals surface area (Å²) in [7, 11) is 0. The van der Waals surface area contributed by atoms with E-state index in [9.17, 15) is 34.5 Å². The number of aliphatic hydroxyl groups excluding tert-OH is 1. The SMILES string of the molecule is CC(=O)OC1C[C@H]2[C@@H]3CCC4=CC(=O)C=C[C@]4(C)[C@@]3(F)C(O)C[C@]2(C)[C@@]1(O)C(=O)C(=O)O. The summed E-state index contributed by atoms with van der Waals surface area (Å²) < 4.78 is 22.2. The lowest BCUT2D eigenvalue weighted by Gasteiger charge is -2.62. The molecule has 4 rings (SSSR count). The molecule has 0 aromatic rings. The van der Waals surface area contributed by atoms with E-state index in [0.717, 1.165) is 6.92 Å². The average molecular weight is 450 g/mol. The van der Waals surface area contributed by atoms with Crippen molar-refractivity contribution >= 4 is 23.5 Å². The van der Waals surface area contributed by atoms with Gasteiger partial charge in [0, 0.05) is 23.7 Å². The highest BCUT2D eigenvalue weighted by molar-refractivity contribution is 6.36. The van der Waals surface area contributed by atoms with E-state index < -0.39 is 70.3 Å². The van der Waals surface area contributed by atoms with Crippen molar-refractivity contribution in [2.24, 2.45) is 22.7 Å². The summed E-state index contributed by atoms with van der Waals surface area (Å²) in [6, 6.07) is 0. The highest BCUT2D eigenvalue weighted by Crippen LogP contribution is 2.70. The highest BCUT2D eigenvalue weighted by atomic mass is 19.1. The Morgan fingerprint density at radius 2 is 1.88 bits per heavy atom. The van der Waals surface area contributed by atoms with E-state index in [1.165, 1.54) is 25.2 Å². The molecule has 3 fully saturated rings. The number of aliphatic hydroxyl groups is 2. The molecule has 2 unspecified atom stereocenters. The number of ketones is 2. The number of fused-ring (bicyclic) bond motifs is 5. The standard InChI is InChI=1S/C23H27FO8/c1-11(25)32-17-9-15-14-5-4-12-8-13(26)6-7-20(12,2)22(14,24)16(27)10-21(15,3)23(17,31)18(28)19(29)30/h6-8,14-17,27,31H,4-5,9-10H2,1-3H3,(H,29,30)/t14-,15-,16?,17?,20-,21-,22-,23-/m0/s1. The Morgan fingerprint density at radius 3 is 2.47 bits per heavy atom. The lowest BCUT2D eigenvalue weighted by molar-refractivity contribution is -0.223. The first-order chi connectivity index (χ1) is 14.7. The molecule has 174 valence electrons. The van der Waals surface area contributed by atoms with E-state index in [1.54, 1.807) is 6.92 Å². The molecule has 32 heavy (non-hydrogen) atoms. The summed E-state index contributed by atoms with van der Waals surface area (Å²) in [6.45, 7) is 4.15. The van der Waals surface area contributed by atoms with E-state index in [0.29, 0.717) is 12.0 Å². The molecule has 0 bridgehead atoms. The van der Waals surface area contributed by atoms with Crippen LogP contribution < -0.4 is 0 Å². The maximum Gasteiger partial charge on any atom is 0.375 e. The van der Waals surface area contributed by atoms with Crippen molar-refractivity contribution < 1.29 is 43.6 Å². The van der Waals surface area contributed by atoms with E-state index in [2.05, 4.69) is 0 Å². The molecule has 3 N–H and O–H groups in total. The summed E-state index contributed by atoms with van der Waals surface area (Å²) in [5.41, 5.74) is -7.10. The van der Waals surface area contributed by atoms with Gasteiger partial charge in [0.2, 0.25) is 0 Å². The predicted molar refractivity (Wildman–Crippen MR) is 107 cm³/mol. The number of carbonyl (C=O) groups is 4. The van der Waals surface area contributed by atoms with Gasteiger partial charge in [0.1, 0.15) is 6.10 Å². The Hall–Kier alpha value is -2.39. The number of aliphatic carboxylic acids is 1. The molecule has 0 amide bonds. The fourth-order valence-electron chi connectivity index (χ4n) is 7.10. The second-order valence-corrected chi connectivity index (χ2v) is 10.00. The van der Waals surface area contributed by atoms with E-state index in [4.69, 9.17) is 4.74 Å². The summed E-state index contributed by atoms with van der Waals surface area (Å²) in [5.74, 6) is -6.13. The number of carbonyl (C=O) groups excluding carboxylic acids is 3. The molecular formula is C23H27FO8. The van der Waals surface area contributed by atoms with Crippen molar-refractivity contribution in [3.8, 4) is 0 Å². The third-order valence-electron chi connectivity index (χ3n) is 8.68. The first kappa shape index (κ1) is 22.8. The summed E-state index contributed by atoms with van der Waals surface area (Å²) in [6.07, 6.45) is 1.04. The molecule has 4 aliphatic carbocycles. The smallest absolute Gasteiger partial charge is 0.375 e. The van der Waals surface area contributed by atoms with Gasteiger partial charge >= 0.3 is 11.9 Å². The molecule has 0 spiro atoms. The van der Waals surface area contributed by atoms with Crippen molar-refractivity contribution in [1.82, 2.24) is 0 Å². The Kier molecular flexibility index (Phi) is 4.85. The third-order valence-corrected chi connectivity index (χ3v) is 8.68. The molecule has 0 saturated heterocycles. The van der Waals surface area contributed by atoms with Gasteiger partial charge in [-0.2, -0.15) is 0 Å². The van der Waals surface area contributed by atoms with Crippen LogP contribution in [0.5, 0.6) is 0 Å². The van der Waals surface area contributed by atoms with Gasteiger partial charge in [0.15, 0.2) is 17.1 Å². The number of rotatable bonds is 3. The largest absolute Gasteiger partial charge is 0.475 e. The molecule has 0 aromatic carbocycles. The Balaban J connectivity index is 1.86. The highest BCUT2D eigenvalue weighted by Gasteiger charge is 2.77. The van der Waals surface area contributed by atoms with Gasteiger partial charge < -0.3 is 20.1 Å². The van der Waals surface area contributed by atoms with Gasteiger partial charge in [-0.15, -0.1) is 0 Å². The van der Waals surface area contributed by atoms with Crippen LogP contribution in [0.3, 0.4) is 0 Å². The third kappa shape index (κ3) is 2.55. The number of esters is 1. The molecule has 4 aliphatic rings. The topological polar surface area (TPSA) is 138 Å². The molecule has 0 aliphatic heterocycles. The zero-order valence-corrected chi connectivity index (χ0v) is 18.1. The number of halogens is 1. The summed E-state index contributed by atoms with van der Waals surface area (Å²) >= 11 is 0. The minimum Gasteiger partial charge on any atom is -0.475 e. The first-order valence-corrected chi connectivity index (χ1v) is 10.7. The predicted octanol–water partition coefficient (Wildman–Crippen LogP) is 1.28. The minimum atomic E-state index is -2.62. The Bertz CT molecular complexity index is 986. The second-order valence-electron chi connectivity index (χ2n) is 10.00. The van der Waals surface area contributed by atoms with Crippen LogP contribution in [-0.2, 0) is 23.9 Å². The number of allylic oxidation sites excluding steroid dienone is 4. The Morgan fingerprint density at radius 1 is 1.22 bits per heavy atom. The van der Waals surface area contributed by atoms with E-state index >= 15 is 4.39 Å². The Labute approximate surface area is 184 Å². The molecule has 9 heteroatoms. The molecule has 0 heterocycles. The van der Waals surface area contributed by atoms with Crippen LogP contribution in [0.1, 0.15) is 46.5 Å². The zero-order valence-electron chi connectivity index (χ0n) is 18.1. The van der Waals surface area contributed by atoms with Crippen molar-refractivity contribution in [3.05, 3.63) is 23.8 Å². The van der Waals surface area contributed by atoms with Crippen LogP contribution in [0.15, 0.2) is 23.8 Å². The number of Topliss-reactive ketones (excluding diaryl/α,β-unsaturated/α-hetero) is 1. The molecule has 3 saturated carbocycles. The minimum absolute atomic E-state index is 0.119. The van der Waals surface area contributed by atoms with Crippen molar-refractivity contribution in [2.75, 3.05) is 0 Å². The lowest BCUT2D eigenvalue weighted by Crippen LogP contribution is -2.70. The number of ether oxygens (including phenoxy) is 1. The fourth-order valence-corrected chi connectivity index (χ4v) is 7.10.